The quantitative estimate of drug-likeness (QED) is 0.718. The van der Waals surface area contributed by atoms with Crippen LogP contribution >= 0.6 is 0 Å². The Morgan fingerprint density at radius 3 is 2.66 bits per heavy atom. The van der Waals surface area contributed by atoms with E-state index < -0.39 is 6.10 Å². The number of benzene rings is 1. The Kier molecular flexibility index (Phi) is 8.36. The Labute approximate surface area is 175 Å². The third kappa shape index (κ3) is 6.44. The summed E-state index contributed by atoms with van der Waals surface area (Å²) in [5.41, 5.74) is 1.07. The SMILES string of the molecule is C/C=C/c1ccc(OCC(O)CN2CCN(C3CCCN(C)C3)CC2)c(OC)c1. The maximum absolute atomic E-state index is 10.5. The zero-order chi connectivity index (χ0) is 20.6. The first kappa shape index (κ1) is 22.1. The minimum Gasteiger partial charge on any atom is -0.493 e. The van der Waals surface area contributed by atoms with E-state index in [0.29, 0.717) is 24.1 Å². The average Bonchev–Trinajstić information content (AvgIpc) is 2.73. The highest BCUT2D eigenvalue weighted by Crippen LogP contribution is 2.28. The lowest BCUT2D eigenvalue weighted by atomic mass is 10.0. The summed E-state index contributed by atoms with van der Waals surface area (Å²) in [4.78, 5) is 7.43. The van der Waals surface area contributed by atoms with E-state index in [4.69, 9.17) is 9.47 Å². The van der Waals surface area contributed by atoms with Crippen LogP contribution < -0.4 is 9.47 Å². The van der Waals surface area contributed by atoms with Gasteiger partial charge in [-0.15, -0.1) is 0 Å². The van der Waals surface area contributed by atoms with Crippen LogP contribution in [0.5, 0.6) is 11.5 Å². The number of piperazine rings is 1. The van der Waals surface area contributed by atoms with Crippen molar-refractivity contribution in [2.45, 2.75) is 31.9 Å². The van der Waals surface area contributed by atoms with Crippen molar-refractivity contribution in [2.24, 2.45) is 0 Å². The van der Waals surface area contributed by atoms with Crippen molar-refractivity contribution in [3.05, 3.63) is 29.8 Å². The van der Waals surface area contributed by atoms with Crippen molar-refractivity contribution in [3.63, 3.8) is 0 Å². The molecule has 1 aromatic carbocycles. The molecule has 6 nitrogen and oxygen atoms in total. The zero-order valence-corrected chi connectivity index (χ0v) is 18.2. The number of rotatable bonds is 8. The molecule has 0 saturated carbocycles. The summed E-state index contributed by atoms with van der Waals surface area (Å²) in [7, 11) is 3.86. The minimum atomic E-state index is -0.512. The van der Waals surface area contributed by atoms with Gasteiger partial charge in [-0.1, -0.05) is 18.2 Å². The number of allylic oxidation sites excluding steroid dienone is 1. The molecule has 1 aromatic rings. The van der Waals surface area contributed by atoms with Gasteiger partial charge in [-0.2, -0.15) is 0 Å². The number of likely N-dealkylation sites (tertiary alicyclic amines) is 1. The molecule has 162 valence electrons. The fourth-order valence-electron chi connectivity index (χ4n) is 4.38. The van der Waals surface area contributed by atoms with Gasteiger partial charge in [-0.25, -0.2) is 0 Å². The van der Waals surface area contributed by atoms with Gasteiger partial charge in [0.2, 0.25) is 0 Å². The molecule has 6 heteroatoms. The Morgan fingerprint density at radius 2 is 1.97 bits per heavy atom. The fourth-order valence-corrected chi connectivity index (χ4v) is 4.38. The highest BCUT2D eigenvalue weighted by molar-refractivity contribution is 5.55. The molecule has 0 amide bonds. The number of aliphatic hydroxyl groups is 1. The summed E-state index contributed by atoms with van der Waals surface area (Å²) < 4.78 is 11.3. The van der Waals surface area contributed by atoms with E-state index >= 15 is 0 Å². The van der Waals surface area contributed by atoms with Crippen LogP contribution in [0.15, 0.2) is 24.3 Å². The molecule has 2 heterocycles. The Morgan fingerprint density at radius 1 is 1.17 bits per heavy atom. The van der Waals surface area contributed by atoms with Crippen LogP contribution in [0.2, 0.25) is 0 Å². The van der Waals surface area contributed by atoms with Crippen LogP contribution in [0.1, 0.15) is 25.3 Å². The van der Waals surface area contributed by atoms with Gasteiger partial charge in [0.25, 0.3) is 0 Å². The minimum absolute atomic E-state index is 0.271. The summed E-state index contributed by atoms with van der Waals surface area (Å²) in [5.74, 6) is 1.37. The number of piperidine rings is 1. The molecule has 2 aliphatic heterocycles. The van der Waals surface area contributed by atoms with Crippen molar-refractivity contribution in [3.8, 4) is 11.5 Å². The Bertz CT molecular complexity index is 659. The highest BCUT2D eigenvalue weighted by Gasteiger charge is 2.27. The largest absolute Gasteiger partial charge is 0.493 e. The summed E-state index contributed by atoms with van der Waals surface area (Å²) >= 11 is 0. The van der Waals surface area contributed by atoms with Crippen LogP contribution in [-0.4, -0.2) is 98.5 Å². The van der Waals surface area contributed by atoms with Crippen LogP contribution in [0.3, 0.4) is 0 Å². The van der Waals surface area contributed by atoms with E-state index in [1.54, 1.807) is 7.11 Å². The number of methoxy groups -OCH3 is 1. The normalized spacial score (nSPS) is 23.4. The number of nitrogens with zero attached hydrogens (tertiary/aromatic N) is 3. The van der Waals surface area contributed by atoms with Crippen molar-refractivity contribution < 1.29 is 14.6 Å². The monoisotopic (exact) mass is 403 g/mol. The number of likely N-dealkylation sites (N-methyl/N-ethyl adjacent to an activating group) is 1. The van der Waals surface area contributed by atoms with E-state index in [9.17, 15) is 5.11 Å². The number of hydrogen-bond acceptors (Lipinski definition) is 6. The maximum atomic E-state index is 10.5. The predicted octanol–water partition coefficient (Wildman–Crippen LogP) is 2.18. The van der Waals surface area contributed by atoms with Gasteiger partial charge in [0.1, 0.15) is 12.7 Å². The predicted molar refractivity (Wildman–Crippen MR) is 118 cm³/mol. The molecule has 1 N–H and O–H groups in total. The molecule has 2 atom stereocenters. The molecule has 0 radical (unpaired) electrons. The molecule has 2 aliphatic rings. The average molecular weight is 404 g/mol. The fraction of sp³-hybridized carbons (Fsp3) is 0.652. The molecule has 0 bridgehead atoms. The summed E-state index contributed by atoms with van der Waals surface area (Å²) in [5, 5.41) is 10.5. The molecule has 29 heavy (non-hydrogen) atoms. The van der Waals surface area contributed by atoms with Gasteiger partial charge in [-0.05, 0) is 51.1 Å². The lowest BCUT2D eigenvalue weighted by Crippen LogP contribution is -2.55. The standard InChI is InChI=1S/C23H37N3O3/c1-4-6-19-8-9-22(23(15-19)28-3)29-18-21(27)17-25-11-13-26(14-12-25)20-7-5-10-24(2)16-20/h4,6,8-9,15,20-21,27H,5,7,10-14,16-18H2,1-3H3/b6-4+. The lowest BCUT2D eigenvalue weighted by Gasteiger charge is -2.43. The van der Waals surface area contributed by atoms with Gasteiger partial charge in [0.05, 0.1) is 7.11 Å². The Hall–Kier alpha value is -1.60. The maximum Gasteiger partial charge on any atom is 0.161 e. The first-order valence-electron chi connectivity index (χ1n) is 10.9. The van der Waals surface area contributed by atoms with Gasteiger partial charge in [0.15, 0.2) is 11.5 Å². The van der Waals surface area contributed by atoms with Gasteiger partial charge < -0.3 is 19.5 Å². The van der Waals surface area contributed by atoms with Crippen LogP contribution in [0.25, 0.3) is 6.08 Å². The first-order valence-corrected chi connectivity index (χ1v) is 10.9. The second-order valence-corrected chi connectivity index (χ2v) is 8.27. The molecule has 0 spiro atoms. The van der Waals surface area contributed by atoms with Gasteiger partial charge in [0, 0.05) is 45.3 Å². The van der Waals surface area contributed by atoms with E-state index in [0.717, 1.165) is 31.7 Å². The van der Waals surface area contributed by atoms with E-state index in [1.807, 2.05) is 37.3 Å². The number of aliphatic hydroxyl groups excluding tert-OH is 1. The van der Waals surface area contributed by atoms with Gasteiger partial charge >= 0.3 is 0 Å². The second-order valence-electron chi connectivity index (χ2n) is 8.27. The summed E-state index contributed by atoms with van der Waals surface area (Å²) in [6.07, 6.45) is 6.12. The summed E-state index contributed by atoms with van der Waals surface area (Å²) in [6.45, 7) is 9.53. The lowest BCUT2D eigenvalue weighted by molar-refractivity contribution is 0.0244. The van der Waals surface area contributed by atoms with Crippen molar-refractivity contribution >= 4 is 6.08 Å². The molecule has 3 rings (SSSR count). The van der Waals surface area contributed by atoms with Crippen LogP contribution in [0.4, 0.5) is 0 Å². The van der Waals surface area contributed by atoms with Crippen molar-refractivity contribution in [2.75, 3.05) is 66.6 Å². The third-order valence-corrected chi connectivity index (χ3v) is 5.97. The molecule has 2 fully saturated rings. The number of ether oxygens (including phenoxy) is 2. The highest BCUT2D eigenvalue weighted by atomic mass is 16.5. The molecular formula is C23H37N3O3. The first-order chi connectivity index (χ1) is 14.1. The zero-order valence-electron chi connectivity index (χ0n) is 18.2. The van der Waals surface area contributed by atoms with Crippen LogP contribution in [-0.2, 0) is 0 Å². The van der Waals surface area contributed by atoms with E-state index in [1.165, 1.54) is 25.9 Å². The van der Waals surface area contributed by atoms with Gasteiger partial charge in [-0.3, -0.25) is 9.80 Å². The Balaban J connectivity index is 1.42. The molecule has 0 aliphatic carbocycles. The second kappa shape index (κ2) is 11.0. The summed E-state index contributed by atoms with van der Waals surface area (Å²) in [6, 6.07) is 6.54. The molecule has 0 aromatic heterocycles. The van der Waals surface area contributed by atoms with Crippen LogP contribution in [0, 0.1) is 0 Å². The topological polar surface area (TPSA) is 48.4 Å². The number of hydrogen-bond donors (Lipinski definition) is 1. The number of β-amino-alcohol motifs (C(OH)–C–C–N with tert-alkyl or cyclic N) is 1. The smallest absolute Gasteiger partial charge is 0.161 e. The van der Waals surface area contributed by atoms with E-state index in [2.05, 4.69) is 21.7 Å². The molecular weight excluding hydrogens is 366 g/mol. The molecule has 2 unspecified atom stereocenters. The molecule has 2 saturated heterocycles. The van der Waals surface area contributed by atoms with E-state index in [-0.39, 0.29) is 6.61 Å². The third-order valence-electron chi connectivity index (χ3n) is 5.97. The van der Waals surface area contributed by atoms with Crippen molar-refractivity contribution in [1.82, 2.24) is 14.7 Å². The van der Waals surface area contributed by atoms with Crippen molar-refractivity contribution in [1.29, 1.82) is 0 Å².